The van der Waals surface area contributed by atoms with E-state index in [0.717, 1.165) is 18.4 Å². The normalized spacial score (nSPS) is 13.0. The van der Waals surface area contributed by atoms with E-state index in [1.54, 1.807) is 36.6 Å². The number of nitrogens with one attached hydrogen (secondary N) is 1. The topological polar surface area (TPSA) is 64.3 Å². The quantitative estimate of drug-likeness (QED) is 0.834. The van der Waals surface area contributed by atoms with Gasteiger partial charge in [0.05, 0.1) is 18.4 Å². The largest absolute Gasteiger partial charge is 0.495 e. The number of nitrogens with two attached hydrogens (primary N) is 1. The van der Waals surface area contributed by atoms with Crippen LogP contribution in [0.2, 0.25) is 0 Å². The number of carbonyl (C=O) groups excluding carboxylic acids is 1. The van der Waals surface area contributed by atoms with E-state index in [1.807, 2.05) is 5.38 Å². The Bertz CT molecular complexity index is 685. The van der Waals surface area contributed by atoms with E-state index >= 15 is 0 Å². The average molecular weight is 339 g/mol. The first-order chi connectivity index (χ1) is 10.2. The highest BCUT2D eigenvalue weighted by atomic mass is 35.5. The Balaban J connectivity index is 0.00000176. The molecule has 6 heteroatoms. The molecular formula is C16H19ClN2O2S. The van der Waals surface area contributed by atoms with Gasteiger partial charge in [-0.25, -0.2) is 0 Å². The molecule has 1 heterocycles. The molecule has 1 aliphatic rings. The molecule has 1 aliphatic carbocycles. The summed E-state index contributed by atoms with van der Waals surface area (Å²) in [5.74, 6) is 0.555. The Labute approximate surface area is 140 Å². The summed E-state index contributed by atoms with van der Waals surface area (Å²) in [5, 5.41) is 4.89. The van der Waals surface area contributed by atoms with Crippen molar-refractivity contribution in [3.05, 3.63) is 39.6 Å². The summed E-state index contributed by atoms with van der Waals surface area (Å²) in [7, 11) is 1.57. The second-order valence-corrected chi connectivity index (χ2v) is 6.13. The second-order valence-electron chi connectivity index (χ2n) is 5.17. The van der Waals surface area contributed by atoms with Crippen LogP contribution in [0.5, 0.6) is 5.75 Å². The number of ether oxygens (including phenoxy) is 1. The van der Waals surface area contributed by atoms with Gasteiger partial charge in [-0.15, -0.1) is 23.7 Å². The van der Waals surface area contributed by atoms with E-state index in [1.165, 1.54) is 23.3 Å². The lowest BCUT2D eigenvalue weighted by molar-refractivity contribution is 0.102. The Hall–Kier alpha value is -1.72. The maximum Gasteiger partial charge on any atom is 0.256 e. The number of nitrogen functional groups attached to an aromatic ring is 1. The molecule has 118 valence electrons. The summed E-state index contributed by atoms with van der Waals surface area (Å²) in [4.78, 5) is 13.8. The number of carbonyl (C=O) groups is 1. The molecule has 0 atom stereocenters. The van der Waals surface area contributed by atoms with Gasteiger partial charge in [0.1, 0.15) is 5.75 Å². The van der Waals surface area contributed by atoms with Crippen LogP contribution in [0.1, 0.15) is 33.6 Å². The number of benzene rings is 1. The molecule has 1 aromatic carbocycles. The van der Waals surface area contributed by atoms with Crippen molar-refractivity contribution in [2.45, 2.75) is 25.7 Å². The highest BCUT2D eigenvalue weighted by Gasteiger charge is 2.20. The van der Waals surface area contributed by atoms with Crippen molar-refractivity contribution in [1.82, 2.24) is 0 Å². The van der Waals surface area contributed by atoms with Crippen LogP contribution < -0.4 is 15.8 Å². The van der Waals surface area contributed by atoms with E-state index in [0.29, 0.717) is 17.1 Å². The van der Waals surface area contributed by atoms with Crippen molar-refractivity contribution in [3.63, 3.8) is 0 Å². The molecule has 2 aromatic rings. The van der Waals surface area contributed by atoms with Crippen LogP contribution in [0.3, 0.4) is 0 Å². The summed E-state index contributed by atoms with van der Waals surface area (Å²) in [6.45, 7) is 0. The van der Waals surface area contributed by atoms with Crippen molar-refractivity contribution in [1.29, 1.82) is 0 Å². The zero-order valence-corrected chi connectivity index (χ0v) is 14.0. The maximum atomic E-state index is 12.4. The summed E-state index contributed by atoms with van der Waals surface area (Å²) in [6, 6.07) is 5.27. The molecule has 0 saturated heterocycles. The molecule has 0 spiro atoms. The lowest BCUT2D eigenvalue weighted by Crippen LogP contribution is -2.14. The van der Waals surface area contributed by atoms with Crippen LogP contribution in [0.4, 0.5) is 11.4 Å². The number of thiophene rings is 1. The smallest absolute Gasteiger partial charge is 0.256 e. The summed E-state index contributed by atoms with van der Waals surface area (Å²) in [6.07, 6.45) is 4.50. The van der Waals surface area contributed by atoms with Crippen LogP contribution in [-0.2, 0) is 12.8 Å². The number of hydrogen-bond acceptors (Lipinski definition) is 4. The summed E-state index contributed by atoms with van der Waals surface area (Å²) in [5.41, 5.74) is 9.10. The van der Waals surface area contributed by atoms with Gasteiger partial charge in [-0.3, -0.25) is 4.79 Å². The number of halogens is 1. The van der Waals surface area contributed by atoms with Crippen molar-refractivity contribution in [2.24, 2.45) is 0 Å². The minimum Gasteiger partial charge on any atom is -0.495 e. The monoisotopic (exact) mass is 338 g/mol. The average Bonchev–Trinajstić information content (AvgIpc) is 2.91. The fourth-order valence-corrected chi connectivity index (χ4v) is 3.82. The van der Waals surface area contributed by atoms with Gasteiger partial charge in [0.25, 0.3) is 5.91 Å². The fraction of sp³-hybridized carbons (Fsp3) is 0.312. The number of rotatable bonds is 3. The molecule has 3 rings (SSSR count). The van der Waals surface area contributed by atoms with E-state index < -0.39 is 0 Å². The molecule has 0 fully saturated rings. The molecular weight excluding hydrogens is 320 g/mol. The Kier molecular flexibility index (Phi) is 5.32. The third-order valence-corrected chi connectivity index (χ3v) is 4.88. The minimum absolute atomic E-state index is 0. The molecule has 1 amide bonds. The van der Waals surface area contributed by atoms with Gasteiger partial charge in [-0.2, -0.15) is 0 Å². The Morgan fingerprint density at radius 1 is 1.32 bits per heavy atom. The van der Waals surface area contributed by atoms with Crippen LogP contribution in [-0.4, -0.2) is 13.0 Å². The standard InChI is InChI=1S/C16H18N2O2S.ClH/c1-20-14-7-6-10(8-13(14)17)18-16(19)12-9-21-15-5-3-2-4-11(12)15;/h6-9H,2-5,17H2,1H3,(H,18,19);1H. The highest BCUT2D eigenvalue weighted by molar-refractivity contribution is 7.10. The summed E-state index contributed by atoms with van der Waals surface area (Å²) < 4.78 is 5.12. The lowest BCUT2D eigenvalue weighted by atomic mass is 9.95. The lowest BCUT2D eigenvalue weighted by Gasteiger charge is -2.13. The van der Waals surface area contributed by atoms with Gasteiger partial charge in [-0.05, 0) is 49.4 Å². The highest BCUT2D eigenvalue weighted by Crippen LogP contribution is 2.31. The Morgan fingerprint density at radius 3 is 2.82 bits per heavy atom. The zero-order chi connectivity index (χ0) is 14.8. The van der Waals surface area contributed by atoms with Crippen molar-refractivity contribution in [3.8, 4) is 5.75 Å². The number of methoxy groups -OCH3 is 1. The van der Waals surface area contributed by atoms with Crippen molar-refractivity contribution < 1.29 is 9.53 Å². The first-order valence-electron chi connectivity index (χ1n) is 7.03. The molecule has 0 unspecified atom stereocenters. The third-order valence-electron chi connectivity index (χ3n) is 3.79. The van der Waals surface area contributed by atoms with Gasteiger partial charge in [-0.1, -0.05) is 0 Å². The second kappa shape index (κ2) is 7.03. The molecule has 1 aromatic heterocycles. The first kappa shape index (κ1) is 16.6. The molecule has 4 nitrogen and oxygen atoms in total. The molecule has 0 radical (unpaired) electrons. The minimum atomic E-state index is -0.0565. The van der Waals surface area contributed by atoms with Gasteiger partial charge in [0.2, 0.25) is 0 Å². The van der Waals surface area contributed by atoms with Crippen LogP contribution >= 0.6 is 23.7 Å². The fourth-order valence-electron chi connectivity index (χ4n) is 2.69. The predicted octanol–water partition coefficient (Wildman–Crippen LogP) is 3.89. The number of aryl methyl sites for hydroxylation is 1. The predicted molar refractivity (Wildman–Crippen MR) is 93.6 cm³/mol. The number of hydrogen-bond donors (Lipinski definition) is 2. The van der Waals surface area contributed by atoms with Crippen LogP contribution in [0.25, 0.3) is 0 Å². The Morgan fingerprint density at radius 2 is 2.09 bits per heavy atom. The van der Waals surface area contributed by atoms with E-state index in [4.69, 9.17) is 10.5 Å². The van der Waals surface area contributed by atoms with Crippen molar-refractivity contribution >= 4 is 41.0 Å². The van der Waals surface area contributed by atoms with Crippen LogP contribution in [0.15, 0.2) is 23.6 Å². The molecule has 22 heavy (non-hydrogen) atoms. The van der Waals surface area contributed by atoms with E-state index in [2.05, 4.69) is 5.32 Å². The number of anilines is 2. The number of amides is 1. The first-order valence-corrected chi connectivity index (χ1v) is 7.91. The van der Waals surface area contributed by atoms with Gasteiger partial charge < -0.3 is 15.8 Å². The number of fused-ring (bicyclic) bond motifs is 1. The van der Waals surface area contributed by atoms with Crippen molar-refractivity contribution in [2.75, 3.05) is 18.2 Å². The zero-order valence-electron chi connectivity index (χ0n) is 12.3. The van der Waals surface area contributed by atoms with Crippen LogP contribution in [0, 0.1) is 0 Å². The van der Waals surface area contributed by atoms with E-state index in [9.17, 15) is 4.79 Å². The third kappa shape index (κ3) is 3.20. The molecule has 0 aliphatic heterocycles. The van der Waals surface area contributed by atoms with Gasteiger partial charge >= 0.3 is 0 Å². The SMILES string of the molecule is COc1ccc(NC(=O)c2csc3c2CCCC3)cc1N.Cl. The van der Waals surface area contributed by atoms with E-state index in [-0.39, 0.29) is 18.3 Å². The van der Waals surface area contributed by atoms with Gasteiger partial charge in [0.15, 0.2) is 0 Å². The molecule has 3 N–H and O–H groups in total. The molecule has 0 saturated carbocycles. The maximum absolute atomic E-state index is 12.4. The molecule has 0 bridgehead atoms. The summed E-state index contributed by atoms with van der Waals surface area (Å²) >= 11 is 1.69. The van der Waals surface area contributed by atoms with Gasteiger partial charge in [0, 0.05) is 15.9 Å².